The summed E-state index contributed by atoms with van der Waals surface area (Å²) >= 11 is 3.48. The van der Waals surface area contributed by atoms with E-state index in [9.17, 15) is 0 Å². The molecule has 1 heterocycles. The summed E-state index contributed by atoms with van der Waals surface area (Å²) in [5, 5.41) is 3.33. The monoisotopic (exact) mass is 306 g/mol. The van der Waals surface area contributed by atoms with E-state index in [0.717, 1.165) is 28.1 Å². The molecular weight excluding hydrogens is 292 g/mol. The van der Waals surface area contributed by atoms with E-state index in [0.29, 0.717) is 0 Å². The molecule has 1 N–H and O–H groups in total. The van der Waals surface area contributed by atoms with Crippen molar-refractivity contribution in [2.24, 2.45) is 0 Å². The zero-order valence-electron chi connectivity index (χ0n) is 10.4. The fourth-order valence-electron chi connectivity index (χ4n) is 1.60. The van der Waals surface area contributed by atoms with E-state index in [2.05, 4.69) is 26.2 Å². The van der Waals surface area contributed by atoms with Gasteiger partial charge in [-0.05, 0) is 52.7 Å². The quantitative estimate of drug-likeness (QED) is 0.933. The molecule has 0 radical (unpaired) electrons. The first-order chi connectivity index (χ1) is 8.69. The highest BCUT2D eigenvalue weighted by Gasteiger charge is 2.01. The number of hydrogen-bond acceptors (Lipinski definition) is 3. The van der Waals surface area contributed by atoms with Gasteiger partial charge in [0.1, 0.15) is 5.75 Å². The van der Waals surface area contributed by atoms with Crippen molar-refractivity contribution in [3.05, 3.63) is 52.3 Å². The average Bonchev–Trinajstić information content (AvgIpc) is 2.38. The Balaban J connectivity index is 2.02. The molecule has 0 saturated carbocycles. The number of benzene rings is 1. The lowest BCUT2D eigenvalue weighted by atomic mass is 10.2. The van der Waals surface area contributed by atoms with Crippen molar-refractivity contribution in [3.63, 3.8) is 0 Å². The molecule has 94 valence electrons. The molecular formula is C14H15BrN2O. The lowest BCUT2D eigenvalue weighted by Crippen LogP contribution is -2.00. The molecule has 18 heavy (non-hydrogen) atoms. The van der Waals surface area contributed by atoms with Crippen LogP contribution in [0.4, 0.5) is 5.69 Å². The third-order valence-electron chi connectivity index (χ3n) is 2.62. The topological polar surface area (TPSA) is 34.1 Å². The third-order valence-corrected chi connectivity index (χ3v) is 3.24. The molecule has 2 rings (SSSR count). The Morgan fingerprint density at radius 2 is 2.11 bits per heavy atom. The summed E-state index contributed by atoms with van der Waals surface area (Å²) in [5.74, 6) is 0.843. The molecule has 1 aromatic carbocycles. The fourth-order valence-corrected chi connectivity index (χ4v) is 2.18. The molecule has 0 aliphatic carbocycles. The van der Waals surface area contributed by atoms with Gasteiger partial charge in [0.25, 0.3) is 0 Å². The minimum absolute atomic E-state index is 0.757. The fraction of sp³-hybridized carbons (Fsp3) is 0.214. The lowest BCUT2D eigenvalue weighted by Gasteiger charge is -2.08. The van der Waals surface area contributed by atoms with Crippen molar-refractivity contribution in [3.8, 4) is 5.75 Å². The maximum Gasteiger partial charge on any atom is 0.133 e. The highest BCUT2D eigenvalue weighted by molar-refractivity contribution is 9.10. The van der Waals surface area contributed by atoms with Crippen LogP contribution in [0.5, 0.6) is 5.75 Å². The molecule has 0 amide bonds. The third kappa shape index (κ3) is 3.23. The average molecular weight is 307 g/mol. The van der Waals surface area contributed by atoms with Gasteiger partial charge in [-0.1, -0.05) is 6.07 Å². The molecule has 0 spiro atoms. The zero-order valence-corrected chi connectivity index (χ0v) is 12.0. The van der Waals surface area contributed by atoms with Gasteiger partial charge in [0.15, 0.2) is 0 Å². The van der Waals surface area contributed by atoms with Gasteiger partial charge in [-0.25, -0.2) is 0 Å². The summed E-state index contributed by atoms with van der Waals surface area (Å²) in [6.07, 6.45) is 1.84. The van der Waals surface area contributed by atoms with E-state index < -0.39 is 0 Å². The van der Waals surface area contributed by atoms with Crippen LogP contribution in [0.25, 0.3) is 0 Å². The molecule has 0 aliphatic heterocycles. The normalized spacial score (nSPS) is 10.2. The van der Waals surface area contributed by atoms with Crippen LogP contribution in [0, 0.1) is 6.92 Å². The molecule has 1 aromatic heterocycles. The van der Waals surface area contributed by atoms with Gasteiger partial charge >= 0.3 is 0 Å². The van der Waals surface area contributed by atoms with Crippen LogP contribution in [0.3, 0.4) is 0 Å². The predicted octanol–water partition coefficient (Wildman–Crippen LogP) is 3.77. The van der Waals surface area contributed by atoms with Crippen molar-refractivity contribution in [2.75, 3.05) is 12.4 Å². The number of pyridine rings is 1. The first-order valence-electron chi connectivity index (χ1n) is 5.68. The Kier molecular flexibility index (Phi) is 4.20. The number of hydrogen-bond donors (Lipinski definition) is 1. The standard InChI is InChI=1S/C14H15BrN2O/c1-10-3-5-12(9-16-10)17-8-11-4-6-14(18-2)13(15)7-11/h3-7,9,17H,8H2,1-2H3. The molecule has 0 saturated heterocycles. The maximum atomic E-state index is 5.20. The SMILES string of the molecule is COc1ccc(CNc2ccc(C)nc2)cc1Br. The van der Waals surface area contributed by atoms with Crippen LogP contribution in [-0.4, -0.2) is 12.1 Å². The van der Waals surface area contributed by atoms with E-state index in [4.69, 9.17) is 4.74 Å². The minimum Gasteiger partial charge on any atom is -0.496 e. The maximum absolute atomic E-state index is 5.20. The van der Waals surface area contributed by atoms with Crippen molar-refractivity contribution in [1.82, 2.24) is 4.98 Å². The number of anilines is 1. The largest absolute Gasteiger partial charge is 0.496 e. The van der Waals surface area contributed by atoms with Crippen molar-refractivity contribution < 1.29 is 4.74 Å². The van der Waals surface area contributed by atoms with Crippen LogP contribution in [0.2, 0.25) is 0 Å². The highest BCUT2D eigenvalue weighted by atomic mass is 79.9. The van der Waals surface area contributed by atoms with Gasteiger partial charge in [0.2, 0.25) is 0 Å². The zero-order chi connectivity index (χ0) is 13.0. The second-order valence-corrected chi connectivity index (χ2v) is 4.87. The van der Waals surface area contributed by atoms with Crippen molar-refractivity contribution in [2.45, 2.75) is 13.5 Å². The smallest absolute Gasteiger partial charge is 0.133 e. The van der Waals surface area contributed by atoms with E-state index in [1.807, 2.05) is 43.5 Å². The summed E-state index contributed by atoms with van der Waals surface area (Å²) in [6, 6.07) is 10.1. The van der Waals surface area contributed by atoms with Crippen LogP contribution in [0.1, 0.15) is 11.3 Å². The molecule has 0 unspecified atom stereocenters. The Bertz CT molecular complexity index is 526. The number of ether oxygens (including phenoxy) is 1. The van der Waals surface area contributed by atoms with Gasteiger partial charge in [-0.3, -0.25) is 4.98 Å². The summed E-state index contributed by atoms with van der Waals surface area (Å²) in [5.41, 5.74) is 3.23. The summed E-state index contributed by atoms with van der Waals surface area (Å²) in [6.45, 7) is 2.73. The summed E-state index contributed by atoms with van der Waals surface area (Å²) < 4.78 is 6.16. The lowest BCUT2D eigenvalue weighted by molar-refractivity contribution is 0.412. The molecule has 0 fully saturated rings. The molecule has 0 aliphatic rings. The predicted molar refractivity (Wildman–Crippen MR) is 77.0 cm³/mol. The Morgan fingerprint density at radius 1 is 1.28 bits per heavy atom. The van der Waals surface area contributed by atoms with Crippen LogP contribution >= 0.6 is 15.9 Å². The molecule has 0 atom stereocenters. The van der Waals surface area contributed by atoms with E-state index >= 15 is 0 Å². The minimum atomic E-state index is 0.757. The number of aryl methyl sites for hydroxylation is 1. The Labute approximate surface area is 115 Å². The number of nitrogens with zero attached hydrogens (tertiary/aromatic N) is 1. The van der Waals surface area contributed by atoms with E-state index in [1.165, 1.54) is 5.56 Å². The van der Waals surface area contributed by atoms with Crippen LogP contribution in [0.15, 0.2) is 41.0 Å². The molecule has 0 bridgehead atoms. The van der Waals surface area contributed by atoms with Gasteiger partial charge in [-0.2, -0.15) is 0 Å². The molecule has 4 heteroatoms. The Hall–Kier alpha value is -1.55. The van der Waals surface area contributed by atoms with Gasteiger partial charge in [0, 0.05) is 12.2 Å². The first-order valence-corrected chi connectivity index (χ1v) is 6.47. The number of halogens is 1. The van der Waals surface area contributed by atoms with Gasteiger partial charge < -0.3 is 10.1 Å². The summed E-state index contributed by atoms with van der Waals surface area (Å²) in [7, 11) is 1.66. The number of rotatable bonds is 4. The summed E-state index contributed by atoms with van der Waals surface area (Å²) in [4.78, 5) is 4.24. The Morgan fingerprint density at radius 3 is 2.72 bits per heavy atom. The second-order valence-electron chi connectivity index (χ2n) is 4.01. The van der Waals surface area contributed by atoms with Crippen molar-refractivity contribution >= 4 is 21.6 Å². The molecule has 2 aromatic rings. The van der Waals surface area contributed by atoms with Crippen LogP contribution in [-0.2, 0) is 6.54 Å². The van der Waals surface area contributed by atoms with E-state index in [-0.39, 0.29) is 0 Å². The van der Waals surface area contributed by atoms with Gasteiger partial charge in [0.05, 0.1) is 23.5 Å². The van der Waals surface area contributed by atoms with Gasteiger partial charge in [-0.15, -0.1) is 0 Å². The van der Waals surface area contributed by atoms with E-state index in [1.54, 1.807) is 7.11 Å². The molecule has 3 nitrogen and oxygen atoms in total. The second kappa shape index (κ2) is 5.87. The number of nitrogens with one attached hydrogen (secondary N) is 1. The highest BCUT2D eigenvalue weighted by Crippen LogP contribution is 2.25. The van der Waals surface area contributed by atoms with Crippen LogP contribution < -0.4 is 10.1 Å². The number of aromatic nitrogens is 1. The van der Waals surface area contributed by atoms with Crippen molar-refractivity contribution in [1.29, 1.82) is 0 Å². The number of methoxy groups -OCH3 is 1. The first kappa shape index (κ1) is 12.9.